The highest BCUT2D eigenvalue weighted by atomic mass is 35.5. The fraction of sp³-hybridized carbons (Fsp3) is 0.438. The molecule has 0 spiro atoms. The van der Waals surface area contributed by atoms with Crippen LogP contribution in [0, 0.1) is 6.92 Å². The number of nitrogens with zero attached hydrogens (tertiary/aromatic N) is 2. The Labute approximate surface area is 150 Å². The number of carbonyl (C=O) groups is 1. The van der Waals surface area contributed by atoms with Crippen LogP contribution in [-0.2, 0) is 0 Å². The second-order valence-electron chi connectivity index (χ2n) is 5.00. The van der Waals surface area contributed by atoms with E-state index in [1.54, 1.807) is 12.1 Å². The van der Waals surface area contributed by atoms with Crippen molar-refractivity contribution in [2.24, 2.45) is 0 Å². The number of unbranched alkanes of at least 4 members (excludes halogenated alkanes) is 1. The Hall–Kier alpha value is -1.86. The lowest BCUT2D eigenvalue weighted by molar-refractivity contribution is 0.102. The van der Waals surface area contributed by atoms with Gasteiger partial charge in [0.15, 0.2) is 11.5 Å². The molecule has 0 radical (unpaired) electrons. The highest BCUT2D eigenvalue weighted by Crippen LogP contribution is 2.37. The van der Waals surface area contributed by atoms with Gasteiger partial charge in [-0.1, -0.05) is 36.3 Å². The lowest BCUT2D eigenvalue weighted by Gasteiger charge is -2.14. The number of rotatable bonds is 8. The highest BCUT2D eigenvalue weighted by Gasteiger charge is 2.17. The number of aryl methyl sites for hydroxylation is 1. The normalized spacial score (nSPS) is 10.5. The van der Waals surface area contributed by atoms with Crippen molar-refractivity contribution in [2.45, 2.75) is 33.6 Å². The third kappa shape index (κ3) is 4.82. The molecule has 0 atom stereocenters. The predicted molar refractivity (Wildman–Crippen MR) is 95.6 cm³/mol. The summed E-state index contributed by atoms with van der Waals surface area (Å²) in [6.45, 7) is 6.75. The second-order valence-corrected chi connectivity index (χ2v) is 6.59. The van der Waals surface area contributed by atoms with Crippen LogP contribution in [0.2, 0.25) is 5.02 Å². The van der Waals surface area contributed by atoms with E-state index in [9.17, 15) is 4.79 Å². The first-order valence-corrected chi connectivity index (χ1v) is 8.95. The van der Waals surface area contributed by atoms with Crippen LogP contribution in [0.5, 0.6) is 11.5 Å². The average Bonchev–Trinajstić information content (AvgIpc) is 2.95. The van der Waals surface area contributed by atoms with Gasteiger partial charge in [0.1, 0.15) is 5.01 Å². The Bertz CT molecular complexity index is 706. The molecule has 0 unspecified atom stereocenters. The largest absolute Gasteiger partial charge is 0.490 e. The first kappa shape index (κ1) is 18.5. The Morgan fingerprint density at radius 2 is 2.08 bits per heavy atom. The number of anilines is 1. The van der Waals surface area contributed by atoms with Gasteiger partial charge in [-0.3, -0.25) is 10.1 Å². The minimum atomic E-state index is -0.325. The summed E-state index contributed by atoms with van der Waals surface area (Å²) in [6.07, 6.45) is 1.93. The molecule has 2 rings (SSSR count). The van der Waals surface area contributed by atoms with Gasteiger partial charge in [-0.25, -0.2) is 0 Å². The fourth-order valence-corrected chi connectivity index (χ4v) is 2.79. The van der Waals surface area contributed by atoms with Gasteiger partial charge in [-0.05, 0) is 32.4 Å². The summed E-state index contributed by atoms with van der Waals surface area (Å²) >= 11 is 7.59. The zero-order valence-electron chi connectivity index (χ0n) is 13.9. The molecular weight excluding hydrogens is 350 g/mol. The Morgan fingerprint density at radius 1 is 1.29 bits per heavy atom. The van der Waals surface area contributed by atoms with Crippen molar-refractivity contribution in [3.05, 3.63) is 27.7 Å². The van der Waals surface area contributed by atoms with Crippen LogP contribution in [0.4, 0.5) is 5.13 Å². The molecule has 0 aliphatic rings. The number of hydrogen-bond acceptors (Lipinski definition) is 6. The van der Waals surface area contributed by atoms with Gasteiger partial charge in [0, 0.05) is 5.56 Å². The molecule has 0 saturated heterocycles. The maximum Gasteiger partial charge on any atom is 0.257 e. The van der Waals surface area contributed by atoms with Crippen molar-refractivity contribution in [3.63, 3.8) is 0 Å². The minimum absolute atomic E-state index is 0.325. The molecule has 1 aromatic heterocycles. The van der Waals surface area contributed by atoms with Crippen LogP contribution in [0.25, 0.3) is 0 Å². The Kier molecular flexibility index (Phi) is 6.81. The van der Waals surface area contributed by atoms with Crippen molar-refractivity contribution in [2.75, 3.05) is 18.5 Å². The van der Waals surface area contributed by atoms with Gasteiger partial charge >= 0.3 is 0 Å². The monoisotopic (exact) mass is 369 g/mol. The summed E-state index contributed by atoms with van der Waals surface area (Å²) in [7, 11) is 0. The molecule has 130 valence electrons. The molecule has 0 fully saturated rings. The van der Waals surface area contributed by atoms with Crippen LogP contribution in [0.15, 0.2) is 12.1 Å². The number of ether oxygens (including phenoxy) is 2. The summed E-state index contributed by atoms with van der Waals surface area (Å²) in [4.78, 5) is 12.4. The van der Waals surface area contributed by atoms with E-state index in [4.69, 9.17) is 21.1 Å². The van der Waals surface area contributed by atoms with E-state index >= 15 is 0 Å². The van der Waals surface area contributed by atoms with Gasteiger partial charge in [0.05, 0.1) is 18.2 Å². The predicted octanol–water partition coefficient (Wildman–Crippen LogP) is 4.33. The molecule has 2 aromatic rings. The fourth-order valence-electron chi connectivity index (χ4n) is 1.94. The molecule has 0 aliphatic heterocycles. The standard InChI is InChI=1S/C16H20ClN3O3S/c1-4-6-7-23-14-12(17)8-11(9-13(14)22-5-2)15(21)18-16-20-19-10(3)24-16/h8-9H,4-7H2,1-3H3,(H,18,20,21). The van der Waals surface area contributed by atoms with Gasteiger partial charge in [0.2, 0.25) is 5.13 Å². The molecule has 6 nitrogen and oxygen atoms in total. The van der Waals surface area contributed by atoms with Crippen LogP contribution >= 0.6 is 22.9 Å². The van der Waals surface area contributed by atoms with Crippen molar-refractivity contribution in [1.82, 2.24) is 10.2 Å². The third-order valence-corrected chi connectivity index (χ3v) is 4.10. The molecule has 1 amide bonds. The van der Waals surface area contributed by atoms with E-state index in [0.29, 0.717) is 40.4 Å². The SMILES string of the molecule is CCCCOc1c(Cl)cc(C(=O)Nc2nnc(C)s2)cc1OCC. The van der Waals surface area contributed by atoms with E-state index < -0.39 is 0 Å². The molecule has 24 heavy (non-hydrogen) atoms. The number of carbonyl (C=O) groups excluding carboxylic acids is 1. The second kappa shape index (κ2) is 8.84. The van der Waals surface area contributed by atoms with Crippen molar-refractivity contribution < 1.29 is 14.3 Å². The van der Waals surface area contributed by atoms with Crippen LogP contribution in [0.1, 0.15) is 42.1 Å². The first-order valence-electron chi connectivity index (χ1n) is 7.75. The Morgan fingerprint density at radius 3 is 2.71 bits per heavy atom. The van der Waals surface area contributed by atoms with E-state index in [2.05, 4.69) is 22.4 Å². The maximum atomic E-state index is 12.4. The summed E-state index contributed by atoms with van der Waals surface area (Å²) in [5, 5.41) is 12.0. The lowest BCUT2D eigenvalue weighted by atomic mass is 10.2. The third-order valence-electron chi connectivity index (χ3n) is 3.06. The number of halogens is 1. The number of amides is 1. The van der Waals surface area contributed by atoms with Crippen LogP contribution < -0.4 is 14.8 Å². The molecule has 1 heterocycles. The molecule has 0 aliphatic carbocycles. The van der Waals surface area contributed by atoms with Gasteiger partial charge in [-0.15, -0.1) is 10.2 Å². The average molecular weight is 370 g/mol. The van der Waals surface area contributed by atoms with Crippen LogP contribution in [-0.4, -0.2) is 29.3 Å². The minimum Gasteiger partial charge on any atom is -0.490 e. The zero-order valence-corrected chi connectivity index (χ0v) is 15.5. The van der Waals surface area contributed by atoms with E-state index in [-0.39, 0.29) is 5.91 Å². The van der Waals surface area contributed by atoms with Crippen molar-refractivity contribution in [1.29, 1.82) is 0 Å². The maximum absolute atomic E-state index is 12.4. The number of benzene rings is 1. The topological polar surface area (TPSA) is 73.3 Å². The lowest BCUT2D eigenvalue weighted by Crippen LogP contribution is -2.12. The molecular formula is C16H20ClN3O3S. The van der Waals surface area contributed by atoms with E-state index in [0.717, 1.165) is 17.8 Å². The summed E-state index contributed by atoms with van der Waals surface area (Å²) in [5.41, 5.74) is 0.374. The highest BCUT2D eigenvalue weighted by molar-refractivity contribution is 7.15. The van der Waals surface area contributed by atoms with Crippen molar-refractivity contribution in [3.8, 4) is 11.5 Å². The summed E-state index contributed by atoms with van der Waals surface area (Å²) in [6, 6.07) is 3.19. The molecule has 1 N–H and O–H groups in total. The summed E-state index contributed by atoms with van der Waals surface area (Å²) < 4.78 is 11.3. The quantitative estimate of drug-likeness (QED) is 0.701. The molecule has 0 bridgehead atoms. The summed E-state index contributed by atoms with van der Waals surface area (Å²) in [5.74, 6) is 0.601. The van der Waals surface area contributed by atoms with E-state index in [1.807, 2.05) is 13.8 Å². The van der Waals surface area contributed by atoms with E-state index in [1.165, 1.54) is 11.3 Å². The zero-order chi connectivity index (χ0) is 17.5. The molecule has 8 heteroatoms. The molecule has 1 aromatic carbocycles. The number of nitrogens with one attached hydrogen (secondary N) is 1. The first-order chi connectivity index (χ1) is 11.5. The number of hydrogen-bond donors (Lipinski definition) is 1. The van der Waals surface area contributed by atoms with Crippen LogP contribution in [0.3, 0.4) is 0 Å². The van der Waals surface area contributed by atoms with Gasteiger partial charge < -0.3 is 9.47 Å². The van der Waals surface area contributed by atoms with Gasteiger partial charge in [0.25, 0.3) is 5.91 Å². The smallest absolute Gasteiger partial charge is 0.257 e. The van der Waals surface area contributed by atoms with Gasteiger partial charge in [-0.2, -0.15) is 0 Å². The molecule has 0 saturated carbocycles. The van der Waals surface area contributed by atoms with Crippen molar-refractivity contribution >= 4 is 34.0 Å². The number of aromatic nitrogens is 2. The Balaban J connectivity index is 2.22.